The molecular formula is C16H23NO2. The number of carbonyl (C=O) groups is 1. The second-order valence-electron chi connectivity index (χ2n) is 5.40. The zero-order valence-corrected chi connectivity index (χ0v) is 11.6. The molecule has 1 aromatic rings. The van der Waals surface area contributed by atoms with Gasteiger partial charge in [0.15, 0.2) is 0 Å². The fourth-order valence-corrected chi connectivity index (χ4v) is 2.81. The van der Waals surface area contributed by atoms with Crippen LogP contribution >= 0.6 is 0 Å². The molecule has 1 aliphatic carbocycles. The van der Waals surface area contributed by atoms with E-state index in [9.17, 15) is 4.79 Å². The van der Waals surface area contributed by atoms with Gasteiger partial charge in [-0.05, 0) is 49.3 Å². The largest absolute Gasteiger partial charge is 0.462 e. The summed E-state index contributed by atoms with van der Waals surface area (Å²) in [5.74, 6) is 0.430. The molecule has 2 unspecified atom stereocenters. The third-order valence-corrected chi connectivity index (χ3v) is 3.97. The Bertz CT molecular complexity index is 413. The number of carbonyl (C=O) groups excluding carboxylic acids is 1. The van der Waals surface area contributed by atoms with Gasteiger partial charge in [-0.25, -0.2) is 0 Å². The van der Waals surface area contributed by atoms with Crippen LogP contribution in [0.1, 0.15) is 44.6 Å². The maximum Gasteiger partial charge on any atom is 0.310 e. The van der Waals surface area contributed by atoms with Gasteiger partial charge in [0.25, 0.3) is 0 Å². The fraction of sp³-hybridized carbons (Fsp3) is 0.562. The molecule has 1 aliphatic rings. The minimum atomic E-state index is -0.116. The molecule has 0 aromatic heterocycles. The Morgan fingerprint density at radius 3 is 2.63 bits per heavy atom. The highest BCUT2D eigenvalue weighted by Gasteiger charge is 2.26. The van der Waals surface area contributed by atoms with Crippen molar-refractivity contribution in [3.8, 4) is 0 Å². The summed E-state index contributed by atoms with van der Waals surface area (Å²) in [6.45, 7) is 2.18. The number of benzene rings is 1. The second kappa shape index (κ2) is 6.60. The summed E-state index contributed by atoms with van der Waals surface area (Å²) in [7, 11) is 0. The molecule has 3 nitrogen and oxygen atoms in total. The van der Waals surface area contributed by atoms with Gasteiger partial charge < -0.3 is 10.5 Å². The van der Waals surface area contributed by atoms with E-state index in [0.717, 1.165) is 24.1 Å². The monoisotopic (exact) mass is 261 g/mol. The first kappa shape index (κ1) is 13.9. The molecule has 3 heteroatoms. The Labute approximate surface area is 115 Å². The van der Waals surface area contributed by atoms with Gasteiger partial charge >= 0.3 is 5.97 Å². The van der Waals surface area contributed by atoms with Crippen LogP contribution in [0.3, 0.4) is 0 Å². The molecule has 0 spiro atoms. The van der Waals surface area contributed by atoms with Crippen molar-refractivity contribution in [3.63, 3.8) is 0 Å². The smallest absolute Gasteiger partial charge is 0.310 e. The van der Waals surface area contributed by atoms with Gasteiger partial charge in [-0.15, -0.1) is 0 Å². The van der Waals surface area contributed by atoms with Gasteiger partial charge in [0.2, 0.25) is 0 Å². The van der Waals surface area contributed by atoms with Gasteiger partial charge in [-0.2, -0.15) is 0 Å². The molecule has 0 saturated heterocycles. The van der Waals surface area contributed by atoms with E-state index in [1.165, 1.54) is 19.3 Å². The summed E-state index contributed by atoms with van der Waals surface area (Å²) in [5.41, 5.74) is 7.31. The van der Waals surface area contributed by atoms with E-state index in [4.69, 9.17) is 10.5 Å². The van der Waals surface area contributed by atoms with E-state index in [-0.39, 0.29) is 12.1 Å². The molecule has 1 aromatic carbocycles. The number of anilines is 1. The lowest BCUT2D eigenvalue weighted by molar-refractivity contribution is -0.152. The van der Waals surface area contributed by atoms with E-state index >= 15 is 0 Å². The average molecular weight is 261 g/mol. The van der Waals surface area contributed by atoms with Crippen LogP contribution in [0, 0.1) is 5.92 Å². The summed E-state index contributed by atoms with van der Waals surface area (Å²) < 4.78 is 5.66. The number of esters is 1. The molecule has 0 amide bonds. The maximum atomic E-state index is 12.0. The average Bonchev–Trinajstić information content (AvgIpc) is 2.42. The molecule has 1 fully saturated rings. The van der Waals surface area contributed by atoms with Crippen LogP contribution in [-0.4, -0.2) is 12.1 Å². The Morgan fingerprint density at radius 2 is 1.95 bits per heavy atom. The van der Waals surface area contributed by atoms with Crippen LogP contribution in [0.15, 0.2) is 24.3 Å². The minimum Gasteiger partial charge on any atom is -0.462 e. The Kier molecular flexibility index (Phi) is 4.83. The number of hydrogen-bond donors (Lipinski definition) is 1. The van der Waals surface area contributed by atoms with Gasteiger partial charge in [0.05, 0.1) is 6.42 Å². The van der Waals surface area contributed by atoms with Crippen molar-refractivity contribution in [1.29, 1.82) is 0 Å². The van der Waals surface area contributed by atoms with Crippen molar-refractivity contribution in [1.82, 2.24) is 0 Å². The first-order chi connectivity index (χ1) is 9.19. The Hall–Kier alpha value is -1.51. The summed E-state index contributed by atoms with van der Waals surface area (Å²) in [6, 6.07) is 7.40. The number of nitrogen functional groups attached to an aromatic ring is 1. The van der Waals surface area contributed by atoms with Crippen molar-refractivity contribution in [2.75, 3.05) is 5.73 Å². The topological polar surface area (TPSA) is 52.3 Å². The first-order valence-corrected chi connectivity index (χ1v) is 7.23. The third kappa shape index (κ3) is 3.98. The quantitative estimate of drug-likeness (QED) is 0.668. The summed E-state index contributed by atoms with van der Waals surface area (Å²) in [6.07, 6.45) is 6.22. The highest BCUT2D eigenvalue weighted by molar-refractivity contribution is 5.73. The molecule has 2 N–H and O–H groups in total. The molecule has 0 aliphatic heterocycles. The van der Waals surface area contributed by atoms with Crippen molar-refractivity contribution in [2.24, 2.45) is 5.92 Å². The zero-order valence-electron chi connectivity index (χ0n) is 11.6. The maximum absolute atomic E-state index is 12.0. The predicted molar refractivity (Wildman–Crippen MR) is 76.7 cm³/mol. The van der Waals surface area contributed by atoms with Crippen LogP contribution in [0.25, 0.3) is 0 Å². The Morgan fingerprint density at radius 1 is 1.26 bits per heavy atom. The number of nitrogens with two attached hydrogens (primary N) is 1. The van der Waals surface area contributed by atoms with Gasteiger partial charge in [0, 0.05) is 5.69 Å². The lowest BCUT2D eigenvalue weighted by Gasteiger charge is -2.30. The van der Waals surface area contributed by atoms with E-state index < -0.39 is 0 Å². The van der Waals surface area contributed by atoms with Crippen molar-refractivity contribution in [3.05, 3.63) is 29.8 Å². The first-order valence-electron chi connectivity index (χ1n) is 7.23. The highest BCUT2D eigenvalue weighted by atomic mass is 16.5. The Balaban J connectivity index is 1.88. The lowest BCUT2D eigenvalue weighted by Crippen LogP contribution is -2.30. The van der Waals surface area contributed by atoms with Gasteiger partial charge in [-0.1, -0.05) is 25.5 Å². The van der Waals surface area contributed by atoms with Crippen molar-refractivity contribution < 1.29 is 9.53 Å². The molecular weight excluding hydrogens is 238 g/mol. The van der Waals surface area contributed by atoms with Crippen LogP contribution < -0.4 is 5.73 Å². The van der Waals surface area contributed by atoms with Gasteiger partial charge in [0.1, 0.15) is 6.10 Å². The molecule has 0 radical (unpaired) electrons. The van der Waals surface area contributed by atoms with Crippen LogP contribution in [0.4, 0.5) is 5.69 Å². The molecule has 1 saturated carbocycles. The summed E-state index contributed by atoms with van der Waals surface area (Å²) in [4.78, 5) is 12.0. The van der Waals surface area contributed by atoms with Crippen LogP contribution in [-0.2, 0) is 16.0 Å². The summed E-state index contributed by atoms with van der Waals surface area (Å²) in [5, 5.41) is 0. The van der Waals surface area contributed by atoms with Gasteiger partial charge in [-0.3, -0.25) is 4.79 Å². The van der Waals surface area contributed by atoms with E-state index in [0.29, 0.717) is 12.3 Å². The number of rotatable bonds is 4. The van der Waals surface area contributed by atoms with Crippen LogP contribution in [0.5, 0.6) is 0 Å². The van der Waals surface area contributed by atoms with Crippen molar-refractivity contribution in [2.45, 2.75) is 51.6 Å². The number of hydrogen-bond acceptors (Lipinski definition) is 3. The predicted octanol–water partition coefficient (Wildman–Crippen LogP) is 3.32. The molecule has 104 valence electrons. The standard InChI is InChI=1S/C16H23NO2/c1-2-13-5-3-4-6-15(13)19-16(18)11-12-7-9-14(17)10-8-12/h7-10,13,15H,2-6,11,17H2,1H3. The third-order valence-electron chi connectivity index (χ3n) is 3.97. The second-order valence-corrected chi connectivity index (χ2v) is 5.40. The molecule has 2 rings (SSSR count). The molecule has 2 atom stereocenters. The summed E-state index contributed by atoms with van der Waals surface area (Å²) >= 11 is 0. The molecule has 19 heavy (non-hydrogen) atoms. The zero-order chi connectivity index (χ0) is 13.7. The van der Waals surface area contributed by atoms with E-state index in [1.807, 2.05) is 24.3 Å². The molecule has 0 heterocycles. The fourth-order valence-electron chi connectivity index (χ4n) is 2.81. The lowest BCUT2D eigenvalue weighted by atomic mass is 9.85. The highest BCUT2D eigenvalue weighted by Crippen LogP contribution is 2.29. The van der Waals surface area contributed by atoms with E-state index in [1.54, 1.807) is 0 Å². The normalized spacial score (nSPS) is 23.0. The van der Waals surface area contributed by atoms with Crippen molar-refractivity contribution >= 4 is 11.7 Å². The van der Waals surface area contributed by atoms with E-state index in [2.05, 4.69) is 6.92 Å². The minimum absolute atomic E-state index is 0.116. The SMILES string of the molecule is CCC1CCCCC1OC(=O)Cc1ccc(N)cc1. The molecule has 0 bridgehead atoms. The number of ether oxygens (including phenoxy) is 1. The van der Waals surface area contributed by atoms with Crippen LogP contribution in [0.2, 0.25) is 0 Å².